The van der Waals surface area contributed by atoms with Gasteiger partial charge in [0.2, 0.25) is 5.91 Å². The molecule has 0 fully saturated rings. The number of amides is 1. The minimum Gasteiger partial charge on any atom is -0.496 e. The molecule has 0 saturated heterocycles. The van der Waals surface area contributed by atoms with Crippen LogP contribution in [-0.4, -0.2) is 51.8 Å². The second-order valence-electron chi connectivity index (χ2n) is 4.94. The Labute approximate surface area is 154 Å². The van der Waals surface area contributed by atoms with E-state index in [0.29, 0.717) is 36.6 Å². The minimum absolute atomic E-state index is 0. The lowest BCUT2D eigenvalue weighted by atomic mass is 10.1. The third-order valence-corrected chi connectivity index (χ3v) is 4.11. The van der Waals surface area contributed by atoms with E-state index in [1.807, 2.05) is 6.26 Å². The summed E-state index contributed by atoms with van der Waals surface area (Å²) in [5, 5.41) is 2.86. The second kappa shape index (κ2) is 12.1. The summed E-state index contributed by atoms with van der Waals surface area (Å²) in [4.78, 5) is 11.9. The van der Waals surface area contributed by atoms with E-state index in [-0.39, 0.29) is 18.3 Å². The predicted octanol–water partition coefficient (Wildman–Crippen LogP) is 1.87. The van der Waals surface area contributed by atoms with Crippen molar-refractivity contribution in [2.24, 2.45) is 5.73 Å². The Morgan fingerprint density at radius 1 is 1.21 bits per heavy atom. The van der Waals surface area contributed by atoms with Gasteiger partial charge in [0, 0.05) is 24.2 Å². The summed E-state index contributed by atoms with van der Waals surface area (Å²) in [7, 11) is 4.77. The fourth-order valence-electron chi connectivity index (χ4n) is 2.14. The van der Waals surface area contributed by atoms with E-state index in [2.05, 4.69) is 5.32 Å². The van der Waals surface area contributed by atoms with Gasteiger partial charge < -0.3 is 25.3 Å². The Hall–Kier alpha value is -1.31. The van der Waals surface area contributed by atoms with Gasteiger partial charge in [-0.15, -0.1) is 12.4 Å². The zero-order valence-electron chi connectivity index (χ0n) is 14.6. The SMILES string of the molecule is COc1cc(OC)c(CCNC(=O)[C@@H](N)CCSC)c(OC)c1.Cl. The molecular formula is C16H27ClN2O4S. The molecular weight excluding hydrogens is 352 g/mol. The molecule has 1 amide bonds. The minimum atomic E-state index is -0.470. The number of rotatable bonds is 10. The first-order chi connectivity index (χ1) is 11.1. The van der Waals surface area contributed by atoms with E-state index >= 15 is 0 Å². The van der Waals surface area contributed by atoms with Gasteiger partial charge in [0.05, 0.1) is 27.4 Å². The Morgan fingerprint density at radius 3 is 2.25 bits per heavy atom. The summed E-state index contributed by atoms with van der Waals surface area (Å²) < 4.78 is 16.0. The molecule has 138 valence electrons. The molecule has 0 radical (unpaired) electrons. The second-order valence-corrected chi connectivity index (χ2v) is 5.93. The van der Waals surface area contributed by atoms with Crippen LogP contribution in [0.1, 0.15) is 12.0 Å². The lowest BCUT2D eigenvalue weighted by molar-refractivity contribution is -0.122. The average molecular weight is 379 g/mol. The number of hydrogen-bond acceptors (Lipinski definition) is 6. The number of ether oxygens (including phenoxy) is 3. The number of thioether (sulfide) groups is 1. The molecule has 8 heteroatoms. The first kappa shape index (κ1) is 22.7. The Bertz CT molecular complexity index is 492. The highest BCUT2D eigenvalue weighted by molar-refractivity contribution is 7.98. The molecule has 0 aliphatic heterocycles. The van der Waals surface area contributed by atoms with Crippen LogP contribution in [-0.2, 0) is 11.2 Å². The molecule has 0 bridgehead atoms. The fourth-order valence-corrected chi connectivity index (χ4v) is 2.63. The predicted molar refractivity (Wildman–Crippen MR) is 101 cm³/mol. The summed E-state index contributed by atoms with van der Waals surface area (Å²) in [5.74, 6) is 2.73. The highest BCUT2D eigenvalue weighted by atomic mass is 35.5. The van der Waals surface area contributed by atoms with Gasteiger partial charge in [0.1, 0.15) is 17.2 Å². The highest BCUT2D eigenvalue weighted by Gasteiger charge is 2.15. The summed E-state index contributed by atoms with van der Waals surface area (Å²) in [6, 6.07) is 3.12. The van der Waals surface area contributed by atoms with E-state index in [1.54, 1.807) is 45.2 Å². The summed E-state index contributed by atoms with van der Waals surface area (Å²) in [6.07, 6.45) is 3.24. The van der Waals surface area contributed by atoms with Gasteiger partial charge in [0.15, 0.2) is 0 Å². The van der Waals surface area contributed by atoms with Crippen molar-refractivity contribution in [1.29, 1.82) is 0 Å². The van der Waals surface area contributed by atoms with Crippen molar-refractivity contribution < 1.29 is 19.0 Å². The van der Waals surface area contributed by atoms with Crippen molar-refractivity contribution in [3.63, 3.8) is 0 Å². The number of carbonyl (C=O) groups is 1. The van der Waals surface area contributed by atoms with Crippen molar-refractivity contribution in [2.75, 3.05) is 39.9 Å². The van der Waals surface area contributed by atoms with Crippen LogP contribution in [0.5, 0.6) is 17.2 Å². The number of nitrogens with two attached hydrogens (primary N) is 1. The Kier molecular flexibility index (Phi) is 11.4. The summed E-state index contributed by atoms with van der Waals surface area (Å²) in [5.41, 5.74) is 6.72. The Balaban J connectivity index is 0.00000529. The first-order valence-electron chi connectivity index (χ1n) is 7.38. The quantitative estimate of drug-likeness (QED) is 0.646. The molecule has 1 rings (SSSR count). The van der Waals surface area contributed by atoms with Crippen LogP contribution in [0.15, 0.2) is 12.1 Å². The number of nitrogens with one attached hydrogen (secondary N) is 1. The van der Waals surface area contributed by atoms with Gasteiger partial charge in [-0.25, -0.2) is 0 Å². The molecule has 24 heavy (non-hydrogen) atoms. The van der Waals surface area contributed by atoms with Crippen molar-refractivity contribution in [1.82, 2.24) is 5.32 Å². The van der Waals surface area contributed by atoms with Gasteiger partial charge in [-0.05, 0) is 24.9 Å². The lowest BCUT2D eigenvalue weighted by Crippen LogP contribution is -2.41. The Morgan fingerprint density at radius 2 is 1.79 bits per heavy atom. The third kappa shape index (κ3) is 6.67. The van der Waals surface area contributed by atoms with E-state index in [1.165, 1.54) is 0 Å². The van der Waals surface area contributed by atoms with Crippen molar-refractivity contribution in [3.8, 4) is 17.2 Å². The molecule has 0 saturated carbocycles. The maximum Gasteiger partial charge on any atom is 0.236 e. The number of methoxy groups -OCH3 is 3. The topological polar surface area (TPSA) is 82.8 Å². The van der Waals surface area contributed by atoms with Crippen LogP contribution < -0.4 is 25.3 Å². The number of carbonyl (C=O) groups excluding carboxylic acids is 1. The van der Waals surface area contributed by atoms with Crippen molar-refractivity contribution in [3.05, 3.63) is 17.7 Å². The number of halogens is 1. The van der Waals surface area contributed by atoms with Gasteiger partial charge >= 0.3 is 0 Å². The zero-order chi connectivity index (χ0) is 17.2. The van der Waals surface area contributed by atoms with E-state index in [9.17, 15) is 4.79 Å². The molecule has 0 heterocycles. The van der Waals surface area contributed by atoms with Crippen LogP contribution in [0, 0.1) is 0 Å². The van der Waals surface area contributed by atoms with Gasteiger partial charge in [-0.3, -0.25) is 4.79 Å². The largest absolute Gasteiger partial charge is 0.496 e. The zero-order valence-corrected chi connectivity index (χ0v) is 16.2. The third-order valence-electron chi connectivity index (χ3n) is 3.46. The molecule has 1 aromatic carbocycles. The number of hydrogen-bond donors (Lipinski definition) is 2. The molecule has 0 aromatic heterocycles. The molecule has 0 aliphatic carbocycles. The highest BCUT2D eigenvalue weighted by Crippen LogP contribution is 2.34. The number of benzene rings is 1. The van der Waals surface area contributed by atoms with Crippen LogP contribution in [0.25, 0.3) is 0 Å². The molecule has 6 nitrogen and oxygen atoms in total. The van der Waals surface area contributed by atoms with Crippen LogP contribution in [0.3, 0.4) is 0 Å². The summed E-state index contributed by atoms with van der Waals surface area (Å²) in [6.45, 7) is 0.463. The van der Waals surface area contributed by atoms with Crippen LogP contribution >= 0.6 is 24.2 Å². The maximum absolute atomic E-state index is 11.9. The summed E-state index contributed by atoms with van der Waals surface area (Å²) >= 11 is 1.68. The van der Waals surface area contributed by atoms with Crippen molar-refractivity contribution in [2.45, 2.75) is 18.9 Å². The van der Waals surface area contributed by atoms with Crippen molar-refractivity contribution >= 4 is 30.1 Å². The standard InChI is InChI=1S/C16H26N2O4S.ClH/c1-20-11-9-14(21-2)12(15(10-11)22-3)5-7-18-16(19)13(17)6-8-23-4;/h9-10,13H,5-8,17H2,1-4H3,(H,18,19);1H/t13-;/m0./s1. The van der Waals surface area contributed by atoms with Gasteiger partial charge in [-0.1, -0.05) is 0 Å². The van der Waals surface area contributed by atoms with Gasteiger partial charge in [-0.2, -0.15) is 11.8 Å². The average Bonchev–Trinajstić information content (AvgIpc) is 2.58. The molecule has 1 aromatic rings. The van der Waals surface area contributed by atoms with E-state index in [4.69, 9.17) is 19.9 Å². The first-order valence-corrected chi connectivity index (χ1v) is 8.77. The molecule has 1 atom stereocenters. The lowest BCUT2D eigenvalue weighted by Gasteiger charge is -2.16. The van der Waals surface area contributed by atoms with E-state index in [0.717, 1.165) is 11.3 Å². The van der Waals surface area contributed by atoms with Crippen LogP contribution in [0.2, 0.25) is 0 Å². The molecule has 0 aliphatic rings. The smallest absolute Gasteiger partial charge is 0.236 e. The fraction of sp³-hybridized carbons (Fsp3) is 0.562. The van der Waals surface area contributed by atoms with Crippen LogP contribution in [0.4, 0.5) is 0 Å². The molecule has 3 N–H and O–H groups in total. The van der Waals surface area contributed by atoms with E-state index < -0.39 is 6.04 Å². The normalized spacial score (nSPS) is 11.2. The molecule has 0 unspecified atom stereocenters. The monoisotopic (exact) mass is 378 g/mol. The maximum atomic E-state index is 11.9. The molecule has 0 spiro atoms. The van der Waals surface area contributed by atoms with Gasteiger partial charge in [0.25, 0.3) is 0 Å².